The average molecular weight is 408 g/mol. The van der Waals surface area contributed by atoms with E-state index >= 15 is 0 Å². The quantitative estimate of drug-likeness (QED) is 0.255. The van der Waals surface area contributed by atoms with Crippen molar-refractivity contribution in [2.24, 2.45) is 11.7 Å². The summed E-state index contributed by atoms with van der Waals surface area (Å²) >= 11 is 0. The molecule has 3 atom stereocenters. The summed E-state index contributed by atoms with van der Waals surface area (Å²) in [5.74, 6) is -3.52. The molecule has 0 saturated heterocycles. The van der Waals surface area contributed by atoms with Crippen LogP contribution in [0, 0.1) is 5.92 Å². The fourth-order valence-corrected chi connectivity index (χ4v) is 2.48. The largest absolute Gasteiger partial charge is 0.480 e. The highest BCUT2D eigenvalue weighted by Crippen LogP contribution is 2.07. The van der Waals surface area contributed by atoms with E-state index in [-0.39, 0.29) is 12.3 Å². The van der Waals surface area contributed by atoms with E-state index in [0.29, 0.717) is 0 Å². The van der Waals surface area contributed by atoms with Crippen molar-refractivity contribution in [3.05, 3.63) is 35.9 Å². The second kappa shape index (κ2) is 11.8. The van der Waals surface area contributed by atoms with Gasteiger partial charge in [-0.05, 0) is 11.5 Å². The number of amides is 3. The summed E-state index contributed by atoms with van der Waals surface area (Å²) in [5.41, 5.74) is 6.28. The Morgan fingerprint density at radius 2 is 1.62 bits per heavy atom. The number of hydrogen-bond donors (Lipinski definition) is 6. The second-order valence-corrected chi connectivity index (χ2v) is 6.88. The van der Waals surface area contributed by atoms with Crippen molar-refractivity contribution in [2.45, 2.75) is 38.4 Å². The first-order chi connectivity index (χ1) is 13.6. The van der Waals surface area contributed by atoms with Crippen LogP contribution in [0.15, 0.2) is 30.3 Å². The molecule has 0 radical (unpaired) electrons. The molecule has 1 aromatic carbocycles. The normalized spacial score (nSPS) is 13.8. The molecule has 1 aromatic rings. The van der Waals surface area contributed by atoms with Crippen LogP contribution < -0.4 is 21.7 Å². The Morgan fingerprint density at radius 3 is 2.14 bits per heavy atom. The molecule has 0 spiro atoms. The van der Waals surface area contributed by atoms with Crippen LogP contribution in [0.25, 0.3) is 0 Å². The highest BCUT2D eigenvalue weighted by atomic mass is 16.4. The minimum Gasteiger partial charge on any atom is -0.480 e. The monoisotopic (exact) mass is 408 g/mol. The van der Waals surface area contributed by atoms with Crippen molar-refractivity contribution >= 4 is 23.7 Å². The molecule has 0 aliphatic carbocycles. The summed E-state index contributed by atoms with van der Waals surface area (Å²) in [6, 6.07) is 5.68. The third-order valence-corrected chi connectivity index (χ3v) is 4.11. The number of benzene rings is 1. The van der Waals surface area contributed by atoms with Gasteiger partial charge in [0.1, 0.15) is 24.7 Å². The van der Waals surface area contributed by atoms with Crippen LogP contribution in [0.4, 0.5) is 0 Å². The number of rotatable bonds is 11. The fraction of sp³-hybridized carbons (Fsp3) is 0.474. The van der Waals surface area contributed by atoms with E-state index in [9.17, 15) is 19.2 Å². The number of carboxylic acid groups (broad SMARTS) is 1. The number of nitrogens with one attached hydrogen (secondary N) is 3. The topological polar surface area (TPSA) is 171 Å². The number of hydrogen-bond acceptors (Lipinski definition) is 6. The Bertz CT molecular complexity index is 710. The maximum atomic E-state index is 12.8. The van der Waals surface area contributed by atoms with E-state index < -0.39 is 55.0 Å². The molecular weight excluding hydrogens is 380 g/mol. The van der Waals surface area contributed by atoms with Crippen LogP contribution in [0.5, 0.6) is 0 Å². The predicted molar refractivity (Wildman–Crippen MR) is 105 cm³/mol. The van der Waals surface area contributed by atoms with Crippen LogP contribution in [0.2, 0.25) is 0 Å². The first-order valence-corrected chi connectivity index (χ1v) is 9.16. The van der Waals surface area contributed by atoms with Gasteiger partial charge < -0.3 is 31.9 Å². The Hall–Kier alpha value is -2.98. The van der Waals surface area contributed by atoms with Gasteiger partial charge in [0.15, 0.2) is 0 Å². The third-order valence-electron chi connectivity index (χ3n) is 4.11. The second-order valence-electron chi connectivity index (χ2n) is 6.88. The zero-order chi connectivity index (χ0) is 22.0. The molecule has 3 amide bonds. The summed E-state index contributed by atoms with van der Waals surface area (Å²) in [5, 5.41) is 25.0. The van der Waals surface area contributed by atoms with E-state index in [4.69, 9.17) is 15.9 Å². The van der Waals surface area contributed by atoms with Crippen LogP contribution >= 0.6 is 0 Å². The molecule has 3 unspecified atom stereocenters. The van der Waals surface area contributed by atoms with Crippen molar-refractivity contribution in [3.63, 3.8) is 0 Å². The number of aliphatic carboxylic acids is 1. The zero-order valence-corrected chi connectivity index (χ0v) is 16.4. The van der Waals surface area contributed by atoms with Gasteiger partial charge in [-0.25, -0.2) is 0 Å². The van der Waals surface area contributed by atoms with Gasteiger partial charge >= 0.3 is 5.97 Å². The molecule has 1 rings (SSSR count). The number of nitrogens with two attached hydrogens (primary N) is 1. The molecule has 0 aromatic heterocycles. The lowest BCUT2D eigenvalue weighted by atomic mass is 10.0. The van der Waals surface area contributed by atoms with E-state index in [1.165, 1.54) is 0 Å². The molecule has 0 fully saturated rings. The summed E-state index contributed by atoms with van der Waals surface area (Å²) in [7, 11) is 0. The van der Waals surface area contributed by atoms with Crippen molar-refractivity contribution in [1.82, 2.24) is 16.0 Å². The maximum absolute atomic E-state index is 12.8. The van der Waals surface area contributed by atoms with Gasteiger partial charge in [0, 0.05) is 6.42 Å². The molecule has 7 N–H and O–H groups in total. The van der Waals surface area contributed by atoms with Crippen molar-refractivity contribution in [2.75, 3.05) is 13.2 Å². The van der Waals surface area contributed by atoms with Gasteiger partial charge in [0.25, 0.3) is 0 Å². The van der Waals surface area contributed by atoms with E-state index in [0.717, 1.165) is 5.56 Å². The summed E-state index contributed by atoms with van der Waals surface area (Å²) < 4.78 is 0. The third kappa shape index (κ3) is 8.28. The summed E-state index contributed by atoms with van der Waals surface area (Å²) in [6.45, 7) is 2.22. The van der Waals surface area contributed by atoms with E-state index in [1.807, 2.05) is 0 Å². The van der Waals surface area contributed by atoms with E-state index in [2.05, 4.69) is 16.0 Å². The van der Waals surface area contributed by atoms with Crippen molar-refractivity contribution in [3.8, 4) is 0 Å². The molecule has 10 heteroatoms. The molecular formula is C19H28N4O6. The zero-order valence-electron chi connectivity index (χ0n) is 16.4. The number of aliphatic hydroxyl groups excluding tert-OH is 1. The van der Waals surface area contributed by atoms with Gasteiger partial charge in [-0.1, -0.05) is 44.2 Å². The Kier molecular flexibility index (Phi) is 9.76. The molecule has 0 saturated carbocycles. The summed E-state index contributed by atoms with van der Waals surface area (Å²) in [4.78, 5) is 47.8. The van der Waals surface area contributed by atoms with Crippen LogP contribution in [0.1, 0.15) is 19.4 Å². The molecule has 10 nitrogen and oxygen atoms in total. The van der Waals surface area contributed by atoms with Gasteiger partial charge in [0.05, 0.1) is 6.61 Å². The standard InChI is InChI=1S/C19H28N4O6/c1-11(2)16(19(29)21-9-15(25)26)23-18(28)14(22-17(27)13(20)10-24)8-12-6-4-3-5-7-12/h3-7,11,13-14,16,24H,8-10,20H2,1-2H3,(H,21,29)(H,22,27)(H,23,28)(H,25,26). The highest BCUT2D eigenvalue weighted by molar-refractivity contribution is 5.94. The molecule has 0 heterocycles. The molecule has 0 aliphatic rings. The minimum atomic E-state index is -1.21. The van der Waals surface area contributed by atoms with Crippen molar-refractivity contribution in [1.29, 1.82) is 0 Å². The fourth-order valence-electron chi connectivity index (χ4n) is 2.48. The SMILES string of the molecule is CC(C)C(NC(=O)C(Cc1ccccc1)NC(=O)C(N)CO)C(=O)NCC(=O)O. The van der Waals surface area contributed by atoms with Crippen molar-refractivity contribution < 1.29 is 29.4 Å². The van der Waals surface area contributed by atoms with Crippen LogP contribution in [-0.2, 0) is 25.6 Å². The average Bonchev–Trinajstić information content (AvgIpc) is 2.69. The van der Waals surface area contributed by atoms with Gasteiger partial charge in [-0.2, -0.15) is 0 Å². The van der Waals surface area contributed by atoms with Crippen LogP contribution in [0.3, 0.4) is 0 Å². The first-order valence-electron chi connectivity index (χ1n) is 9.16. The lowest BCUT2D eigenvalue weighted by Gasteiger charge is -2.25. The number of carbonyl (C=O) groups excluding carboxylic acids is 3. The highest BCUT2D eigenvalue weighted by Gasteiger charge is 2.30. The first kappa shape index (κ1) is 24.1. The van der Waals surface area contributed by atoms with Crippen LogP contribution in [-0.4, -0.2) is 65.2 Å². The number of carboxylic acids is 1. The molecule has 0 bridgehead atoms. The van der Waals surface area contributed by atoms with Gasteiger partial charge in [0.2, 0.25) is 17.7 Å². The van der Waals surface area contributed by atoms with Gasteiger partial charge in [-0.15, -0.1) is 0 Å². The molecule has 0 aliphatic heterocycles. The number of aliphatic hydroxyl groups is 1. The Balaban J connectivity index is 2.96. The van der Waals surface area contributed by atoms with E-state index in [1.54, 1.807) is 44.2 Å². The summed E-state index contributed by atoms with van der Waals surface area (Å²) in [6.07, 6.45) is 0.137. The van der Waals surface area contributed by atoms with Gasteiger partial charge in [-0.3, -0.25) is 19.2 Å². The predicted octanol–water partition coefficient (Wildman–Crippen LogP) is -1.62. The number of carbonyl (C=O) groups is 4. The molecule has 29 heavy (non-hydrogen) atoms. The minimum absolute atomic E-state index is 0.137. The Morgan fingerprint density at radius 1 is 1.00 bits per heavy atom. The Labute approximate surface area is 168 Å². The lowest BCUT2D eigenvalue weighted by Crippen LogP contribution is -2.58. The smallest absolute Gasteiger partial charge is 0.322 e. The molecule has 160 valence electrons. The maximum Gasteiger partial charge on any atom is 0.322 e. The lowest BCUT2D eigenvalue weighted by molar-refractivity contribution is -0.139.